The average Bonchev–Trinajstić information content (AvgIpc) is 3.85. The fraction of sp³-hybridized carbons (Fsp3) is 0.407. The van der Waals surface area contributed by atoms with Crippen LogP contribution in [0, 0.1) is 25.7 Å². The Morgan fingerprint density at radius 1 is 0.500 bits per heavy atom. The summed E-state index contributed by atoms with van der Waals surface area (Å²) in [6.07, 6.45) is 21.6. The molecule has 6 aromatic carbocycles. The summed E-state index contributed by atoms with van der Waals surface area (Å²) < 4.78 is 0. The van der Waals surface area contributed by atoms with Crippen molar-refractivity contribution >= 4 is 53.2 Å². The van der Waals surface area contributed by atoms with Crippen molar-refractivity contribution in [2.45, 2.75) is 130 Å². The standard InChI is InChI=1S/2C26H31.2CH3.2ClH.Si.Zr/c2*1-3-20-11-13-22(14-12-20)24-10-8-9-23-17-21(18-25(23)24)19-26(4-2)15-6-5-7-16-26;;;;;;/h2*8-14,17-18H,3-7,15-16,19H2,1-2H3;2*1H3;2*1H;;/q4*-1;;;;. The van der Waals surface area contributed by atoms with Gasteiger partial charge in [-0.1, -0.05) is 151 Å². The van der Waals surface area contributed by atoms with Crippen molar-refractivity contribution in [2.75, 3.05) is 0 Å². The summed E-state index contributed by atoms with van der Waals surface area (Å²) in [6.45, 7) is 12.3. The molecule has 0 bridgehead atoms. The molecular formula is C54H70Cl2SiZr-4. The normalized spacial score (nSPS) is 15.2. The van der Waals surface area contributed by atoms with E-state index < -0.39 is 0 Å². The molecule has 0 nitrogen and oxygen atoms in total. The zero-order valence-electron chi connectivity index (χ0n) is 36.5. The minimum absolute atomic E-state index is 0. The van der Waals surface area contributed by atoms with Gasteiger partial charge in [0, 0.05) is 0 Å². The molecule has 8 rings (SSSR count). The predicted molar refractivity (Wildman–Crippen MR) is 261 cm³/mol. The van der Waals surface area contributed by atoms with E-state index in [4.69, 9.17) is 0 Å². The van der Waals surface area contributed by atoms with Crippen molar-refractivity contribution in [3.63, 3.8) is 0 Å². The van der Waals surface area contributed by atoms with Gasteiger partial charge in [-0.2, -0.15) is 12.1 Å². The second kappa shape index (κ2) is 24.9. The number of fused-ring (bicyclic) bond motifs is 2. The maximum atomic E-state index is 3.06. The Balaban J connectivity index is 0.000000360. The Kier molecular flexibility index (Phi) is 22.3. The number of hydrogen-bond donors (Lipinski definition) is 0. The van der Waals surface area contributed by atoms with Crippen molar-refractivity contribution in [2.24, 2.45) is 10.8 Å². The van der Waals surface area contributed by atoms with Crippen LogP contribution in [0.1, 0.15) is 127 Å². The van der Waals surface area contributed by atoms with Crippen molar-refractivity contribution < 1.29 is 23.3 Å². The van der Waals surface area contributed by atoms with Crippen molar-refractivity contribution in [3.05, 3.63) is 146 Å². The summed E-state index contributed by atoms with van der Waals surface area (Å²) in [5, 5.41) is 5.65. The molecule has 2 aliphatic rings. The number of rotatable bonds is 10. The first-order valence-corrected chi connectivity index (χ1v) is 25.4. The van der Waals surface area contributed by atoms with E-state index in [1.807, 2.05) is 0 Å². The molecule has 0 atom stereocenters. The summed E-state index contributed by atoms with van der Waals surface area (Å²) in [7, 11) is 0. The first-order valence-electron chi connectivity index (χ1n) is 21.3. The van der Waals surface area contributed by atoms with Gasteiger partial charge >= 0.3 is 30.2 Å². The Hall–Kier alpha value is -2.22. The SMILES string of the molecule is CCc1ccc(-c2cccc3[cH-]c(CC4(CC)CCCCC4)cc23)cc1.CCc1ccc(-c2cccc3[cH-]c(CC4(CC)CCCCC4)cc23)cc1.Cl.Cl.[CH3-].[CH3-].[Si]=[Zr]. The molecule has 58 heavy (non-hydrogen) atoms. The molecular weight excluding hydrogens is 839 g/mol. The molecule has 2 radical (unpaired) electrons. The molecule has 0 amide bonds. The van der Waals surface area contributed by atoms with E-state index in [1.54, 1.807) is 11.1 Å². The van der Waals surface area contributed by atoms with E-state index in [9.17, 15) is 0 Å². The third-order valence-corrected chi connectivity index (χ3v) is 13.5. The first kappa shape index (κ1) is 51.9. The zero-order chi connectivity index (χ0) is 38.0. The van der Waals surface area contributed by atoms with Crippen molar-refractivity contribution in [1.29, 1.82) is 0 Å². The molecule has 0 aromatic heterocycles. The zero-order valence-corrected chi connectivity index (χ0v) is 41.6. The van der Waals surface area contributed by atoms with Crippen molar-refractivity contribution in [1.82, 2.24) is 0 Å². The van der Waals surface area contributed by atoms with Crippen molar-refractivity contribution in [3.8, 4) is 22.3 Å². The Labute approximate surface area is 383 Å². The van der Waals surface area contributed by atoms with Crippen LogP contribution in [0.3, 0.4) is 0 Å². The quantitative estimate of drug-likeness (QED) is 0.0949. The van der Waals surface area contributed by atoms with Gasteiger partial charge in [0.25, 0.3) is 0 Å². The van der Waals surface area contributed by atoms with Crippen LogP contribution >= 0.6 is 24.8 Å². The summed E-state index contributed by atoms with van der Waals surface area (Å²) >= 11 is 1.36. The summed E-state index contributed by atoms with van der Waals surface area (Å²) in [5.41, 5.74) is 12.4. The molecule has 312 valence electrons. The van der Waals surface area contributed by atoms with E-state index >= 15 is 0 Å². The van der Waals surface area contributed by atoms with Gasteiger partial charge in [-0.05, 0) is 84.5 Å². The van der Waals surface area contributed by atoms with Crippen LogP contribution in [0.5, 0.6) is 0 Å². The molecule has 2 saturated carbocycles. The Morgan fingerprint density at radius 3 is 1.16 bits per heavy atom. The van der Waals surface area contributed by atoms with Crippen LogP contribution in [0.25, 0.3) is 43.8 Å². The number of benzene rings is 4. The Morgan fingerprint density at radius 2 is 0.845 bits per heavy atom. The minimum atomic E-state index is 0. The van der Waals surface area contributed by atoms with E-state index in [0.717, 1.165) is 12.8 Å². The van der Waals surface area contributed by atoms with Gasteiger partial charge in [0.2, 0.25) is 0 Å². The van der Waals surface area contributed by atoms with E-state index in [2.05, 4.69) is 144 Å². The topological polar surface area (TPSA) is 0 Å². The van der Waals surface area contributed by atoms with Gasteiger partial charge in [0.1, 0.15) is 0 Å². The van der Waals surface area contributed by atoms with E-state index in [0.29, 0.717) is 10.8 Å². The summed E-state index contributed by atoms with van der Waals surface area (Å²) in [4.78, 5) is 0. The maximum absolute atomic E-state index is 3.06. The second-order valence-electron chi connectivity index (χ2n) is 16.6. The van der Waals surface area contributed by atoms with Crippen LogP contribution in [0.4, 0.5) is 0 Å². The van der Waals surface area contributed by atoms with Gasteiger partial charge < -0.3 is 14.9 Å². The number of halogens is 2. The van der Waals surface area contributed by atoms with E-state index in [-0.39, 0.29) is 39.7 Å². The molecule has 2 aliphatic carbocycles. The van der Waals surface area contributed by atoms with Gasteiger partial charge in [0.15, 0.2) is 0 Å². The molecule has 6 aromatic rings. The van der Waals surface area contributed by atoms with Crippen LogP contribution in [-0.4, -0.2) is 6.88 Å². The average molecular weight is 909 g/mol. The summed E-state index contributed by atoms with van der Waals surface area (Å²) in [5.74, 6) is 0. The van der Waals surface area contributed by atoms with Gasteiger partial charge in [-0.3, -0.25) is 0 Å². The van der Waals surface area contributed by atoms with Gasteiger partial charge in [-0.25, -0.2) is 0 Å². The number of aryl methyl sites for hydroxylation is 2. The molecule has 4 heteroatoms. The van der Waals surface area contributed by atoms with Gasteiger partial charge in [0.05, 0.1) is 0 Å². The van der Waals surface area contributed by atoms with Gasteiger partial charge in [-0.15, -0.1) is 93.9 Å². The molecule has 0 N–H and O–H groups in total. The Bertz CT molecular complexity index is 1910. The molecule has 0 saturated heterocycles. The second-order valence-corrected chi connectivity index (χ2v) is 16.6. The van der Waals surface area contributed by atoms with Crippen LogP contribution in [0.15, 0.2) is 109 Å². The number of hydrogen-bond acceptors (Lipinski definition) is 0. The molecule has 0 heterocycles. The first-order chi connectivity index (χ1) is 26.5. The monoisotopic (exact) mass is 906 g/mol. The third kappa shape index (κ3) is 12.4. The predicted octanol–water partition coefficient (Wildman–Crippen LogP) is 16.7. The van der Waals surface area contributed by atoms with Crippen LogP contribution in [0.2, 0.25) is 0 Å². The summed E-state index contributed by atoms with van der Waals surface area (Å²) in [6, 6.07) is 41.6. The molecule has 0 unspecified atom stereocenters. The fourth-order valence-corrected chi connectivity index (χ4v) is 9.92. The van der Waals surface area contributed by atoms with Crippen LogP contribution in [-0.2, 0) is 49.0 Å². The molecule has 0 spiro atoms. The third-order valence-electron chi connectivity index (χ3n) is 13.5. The van der Waals surface area contributed by atoms with E-state index in [1.165, 1.54) is 168 Å². The molecule has 2 fully saturated rings. The molecule has 0 aliphatic heterocycles. The van der Waals surface area contributed by atoms with Crippen LogP contribution < -0.4 is 0 Å². The fourth-order valence-electron chi connectivity index (χ4n) is 9.92.